The number of nitrogens with zero attached hydrogens (tertiary/aromatic N) is 2. The molecule has 0 saturated heterocycles. The normalized spacial score (nSPS) is 10.2. The highest BCUT2D eigenvalue weighted by molar-refractivity contribution is 5.94. The lowest BCUT2D eigenvalue weighted by Gasteiger charge is -2.11. The van der Waals surface area contributed by atoms with E-state index in [0.717, 1.165) is 17.1 Å². The number of ketones is 1. The number of aromatic nitrogens is 2. The minimum Gasteiger partial charge on any atom is -0.340 e. The topological polar surface area (TPSA) is 96.0 Å². The monoisotopic (exact) mass is 375 g/mol. The Kier molecular flexibility index (Phi) is 5.64. The zero-order valence-corrected chi connectivity index (χ0v) is 15.9. The first-order valence-electron chi connectivity index (χ1n) is 8.77. The number of aryl methyl sites for hydroxylation is 1. The molecule has 0 aliphatic rings. The molecule has 3 N–H and O–H groups in total. The van der Waals surface area contributed by atoms with E-state index >= 15 is 0 Å². The van der Waals surface area contributed by atoms with Crippen LogP contribution in [0.4, 0.5) is 28.8 Å². The van der Waals surface area contributed by atoms with Gasteiger partial charge in [-0.3, -0.25) is 9.59 Å². The molecule has 7 heteroatoms. The Morgan fingerprint density at radius 2 is 1.54 bits per heavy atom. The number of benzene rings is 2. The highest BCUT2D eigenvalue weighted by Gasteiger charge is 2.06. The molecule has 0 bridgehead atoms. The van der Waals surface area contributed by atoms with Crippen LogP contribution in [0.3, 0.4) is 0 Å². The molecule has 2 aromatic carbocycles. The molecule has 0 radical (unpaired) electrons. The summed E-state index contributed by atoms with van der Waals surface area (Å²) in [4.78, 5) is 31.5. The number of anilines is 5. The number of rotatable bonds is 6. The fraction of sp³-hybridized carbons (Fsp3) is 0.143. The van der Waals surface area contributed by atoms with Gasteiger partial charge in [-0.05, 0) is 56.3 Å². The Balaban J connectivity index is 1.78. The van der Waals surface area contributed by atoms with E-state index in [1.54, 1.807) is 24.3 Å². The van der Waals surface area contributed by atoms with E-state index in [4.69, 9.17) is 0 Å². The smallest absolute Gasteiger partial charge is 0.229 e. The van der Waals surface area contributed by atoms with Crippen LogP contribution in [0.1, 0.15) is 29.9 Å². The Morgan fingerprint density at radius 3 is 2.21 bits per heavy atom. The van der Waals surface area contributed by atoms with Crippen LogP contribution in [0, 0.1) is 6.92 Å². The van der Waals surface area contributed by atoms with E-state index in [1.165, 1.54) is 13.8 Å². The maximum atomic E-state index is 11.4. The van der Waals surface area contributed by atoms with Crippen molar-refractivity contribution in [1.29, 1.82) is 0 Å². The summed E-state index contributed by atoms with van der Waals surface area (Å²) in [6.45, 7) is 4.88. The van der Waals surface area contributed by atoms with Crippen molar-refractivity contribution in [1.82, 2.24) is 9.97 Å². The number of nitrogens with one attached hydrogen (secondary N) is 3. The molecule has 3 aromatic rings. The summed E-state index contributed by atoms with van der Waals surface area (Å²) in [5.74, 6) is 0.954. The summed E-state index contributed by atoms with van der Waals surface area (Å²) in [6, 6.07) is 16.3. The summed E-state index contributed by atoms with van der Waals surface area (Å²) in [6.07, 6.45) is 0. The average molecular weight is 375 g/mol. The Morgan fingerprint density at radius 1 is 0.821 bits per heavy atom. The fourth-order valence-corrected chi connectivity index (χ4v) is 2.63. The van der Waals surface area contributed by atoms with Gasteiger partial charge in [0.25, 0.3) is 0 Å². The predicted molar refractivity (Wildman–Crippen MR) is 111 cm³/mol. The van der Waals surface area contributed by atoms with Crippen molar-refractivity contribution >= 4 is 40.5 Å². The lowest BCUT2D eigenvalue weighted by molar-refractivity contribution is -0.114. The molecule has 0 fully saturated rings. The molecule has 1 aromatic heterocycles. The van der Waals surface area contributed by atoms with Gasteiger partial charge in [-0.15, -0.1) is 0 Å². The lowest BCUT2D eigenvalue weighted by Crippen LogP contribution is -2.06. The fourth-order valence-electron chi connectivity index (χ4n) is 2.63. The Hall–Kier alpha value is -3.74. The molecular weight excluding hydrogens is 354 g/mol. The zero-order chi connectivity index (χ0) is 20.1. The van der Waals surface area contributed by atoms with E-state index in [2.05, 4.69) is 25.9 Å². The second kappa shape index (κ2) is 8.30. The van der Waals surface area contributed by atoms with Gasteiger partial charge in [0, 0.05) is 41.3 Å². The van der Waals surface area contributed by atoms with Crippen LogP contribution in [0.25, 0.3) is 0 Å². The van der Waals surface area contributed by atoms with Crippen LogP contribution < -0.4 is 16.0 Å². The highest BCUT2D eigenvalue weighted by Crippen LogP contribution is 2.21. The number of hydrogen-bond donors (Lipinski definition) is 3. The molecule has 0 saturated carbocycles. The van der Waals surface area contributed by atoms with Gasteiger partial charge in [-0.1, -0.05) is 6.07 Å². The first-order chi connectivity index (χ1) is 13.4. The molecule has 0 aliphatic carbocycles. The van der Waals surface area contributed by atoms with Crippen molar-refractivity contribution < 1.29 is 9.59 Å². The molecular formula is C21H21N5O2. The third kappa shape index (κ3) is 5.14. The predicted octanol–water partition coefficient (Wildman–Crippen LogP) is 4.43. The van der Waals surface area contributed by atoms with E-state index in [-0.39, 0.29) is 11.7 Å². The van der Waals surface area contributed by atoms with Crippen LogP contribution in [-0.2, 0) is 4.79 Å². The maximum absolute atomic E-state index is 11.4. The van der Waals surface area contributed by atoms with Gasteiger partial charge in [0.1, 0.15) is 5.82 Å². The lowest BCUT2D eigenvalue weighted by atomic mass is 10.1. The summed E-state index contributed by atoms with van der Waals surface area (Å²) < 4.78 is 0. The van der Waals surface area contributed by atoms with Crippen LogP contribution in [0.5, 0.6) is 0 Å². The second-order valence-electron chi connectivity index (χ2n) is 6.36. The van der Waals surface area contributed by atoms with Crippen molar-refractivity contribution in [3.05, 3.63) is 65.9 Å². The Bertz CT molecular complexity index is 1020. The largest absolute Gasteiger partial charge is 0.340 e. The third-order valence-electron chi connectivity index (χ3n) is 3.86. The maximum Gasteiger partial charge on any atom is 0.229 e. The molecule has 7 nitrogen and oxygen atoms in total. The number of carbonyl (C=O) groups is 2. The first kappa shape index (κ1) is 19.0. The van der Waals surface area contributed by atoms with Crippen LogP contribution in [0.2, 0.25) is 0 Å². The molecule has 3 rings (SSSR count). The zero-order valence-electron chi connectivity index (χ0n) is 15.9. The summed E-state index contributed by atoms with van der Waals surface area (Å²) in [7, 11) is 0. The van der Waals surface area contributed by atoms with Gasteiger partial charge >= 0.3 is 0 Å². The third-order valence-corrected chi connectivity index (χ3v) is 3.86. The summed E-state index contributed by atoms with van der Waals surface area (Å²) in [5, 5.41) is 9.11. The van der Waals surface area contributed by atoms with Crippen LogP contribution in [0.15, 0.2) is 54.6 Å². The minimum absolute atomic E-state index is 0.0254. The SMILES string of the molecule is CC(=O)Nc1cccc(Nc2nc(C)cc(Nc3ccc(C(C)=O)cc3)n2)c1. The Labute approximate surface area is 163 Å². The second-order valence-corrected chi connectivity index (χ2v) is 6.36. The van der Waals surface area contributed by atoms with Crippen LogP contribution >= 0.6 is 0 Å². The summed E-state index contributed by atoms with van der Waals surface area (Å²) in [5.41, 5.74) is 3.72. The van der Waals surface area contributed by atoms with E-state index in [0.29, 0.717) is 23.0 Å². The van der Waals surface area contributed by atoms with Gasteiger partial charge in [-0.2, -0.15) is 4.98 Å². The van der Waals surface area contributed by atoms with Crippen molar-refractivity contribution in [2.75, 3.05) is 16.0 Å². The first-order valence-corrected chi connectivity index (χ1v) is 8.77. The van der Waals surface area contributed by atoms with Crippen molar-refractivity contribution in [2.45, 2.75) is 20.8 Å². The van der Waals surface area contributed by atoms with E-state index < -0.39 is 0 Å². The molecule has 0 spiro atoms. The van der Waals surface area contributed by atoms with E-state index in [1.807, 2.05) is 37.3 Å². The number of carbonyl (C=O) groups excluding carboxylic acids is 2. The van der Waals surface area contributed by atoms with Gasteiger partial charge in [0.15, 0.2) is 5.78 Å². The van der Waals surface area contributed by atoms with Gasteiger partial charge in [-0.25, -0.2) is 4.98 Å². The van der Waals surface area contributed by atoms with Gasteiger partial charge in [0.05, 0.1) is 0 Å². The standard InChI is InChI=1S/C21H21N5O2/c1-13-11-20(24-17-9-7-16(8-10-17)14(2)27)26-21(22-13)25-19-6-4-5-18(12-19)23-15(3)28/h4-12H,1-3H3,(H,23,28)(H2,22,24,25,26). The molecule has 0 atom stereocenters. The average Bonchev–Trinajstić information content (AvgIpc) is 2.61. The quantitative estimate of drug-likeness (QED) is 0.552. The number of hydrogen-bond acceptors (Lipinski definition) is 6. The highest BCUT2D eigenvalue weighted by atomic mass is 16.1. The number of Topliss-reactive ketones (excluding diaryl/α,β-unsaturated/α-hetero) is 1. The number of amides is 1. The molecule has 0 unspecified atom stereocenters. The van der Waals surface area contributed by atoms with Gasteiger partial charge < -0.3 is 16.0 Å². The molecule has 1 amide bonds. The molecule has 0 aliphatic heterocycles. The van der Waals surface area contributed by atoms with Crippen molar-refractivity contribution in [2.24, 2.45) is 0 Å². The van der Waals surface area contributed by atoms with Crippen LogP contribution in [-0.4, -0.2) is 21.7 Å². The molecule has 142 valence electrons. The van der Waals surface area contributed by atoms with Gasteiger partial charge in [0.2, 0.25) is 11.9 Å². The van der Waals surface area contributed by atoms with E-state index in [9.17, 15) is 9.59 Å². The summed E-state index contributed by atoms with van der Waals surface area (Å²) >= 11 is 0. The minimum atomic E-state index is -0.133. The van der Waals surface area contributed by atoms with Crippen molar-refractivity contribution in [3.63, 3.8) is 0 Å². The molecule has 1 heterocycles. The molecule has 28 heavy (non-hydrogen) atoms. The van der Waals surface area contributed by atoms with Crippen molar-refractivity contribution in [3.8, 4) is 0 Å².